The maximum Gasteiger partial charge on any atom is 0.126 e. The quantitative estimate of drug-likeness (QED) is 0.703. The average Bonchev–Trinajstić information content (AvgIpc) is 2.32. The van der Waals surface area contributed by atoms with Crippen molar-refractivity contribution in [2.45, 2.75) is 38.2 Å². The summed E-state index contributed by atoms with van der Waals surface area (Å²) in [6.45, 7) is 4.11. The van der Waals surface area contributed by atoms with Crippen molar-refractivity contribution >= 4 is 15.9 Å². The molecule has 0 saturated carbocycles. The Bertz CT molecular complexity index is 352. The molecule has 0 aliphatic heterocycles. The zero-order chi connectivity index (χ0) is 12.9. The van der Waals surface area contributed by atoms with Crippen LogP contribution in [0.4, 0.5) is 4.39 Å². The highest BCUT2D eigenvalue weighted by molar-refractivity contribution is 9.09. The van der Waals surface area contributed by atoms with E-state index in [9.17, 15) is 4.39 Å². The predicted octanol–water partition coefficient (Wildman–Crippen LogP) is 4.51. The van der Waals surface area contributed by atoms with Crippen LogP contribution in [0.15, 0.2) is 24.3 Å². The lowest BCUT2D eigenvalue weighted by Crippen LogP contribution is -2.23. The summed E-state index contributed by atoms with van der Waals surface area (Å²) < 4.78 is 19.1. The van der Waals surface area contributed by atoms with Gasteiger partial charge in [-0.25, -0.2) is 4.39 Å². The highest BCUT2D eigenvalue weighted by Gasteiger charge is 2.21. The van der Waals surface area contributed by atoms with Crippen molar-refractivity contribution in [3.05, 3.63) is 35.6 Å². The average molecular weight is 303 g/mol. The Morgan fingerprint density at radius 1 is 1.35 bits per heavy atom. The van der Waals surface area contributed by atoms with E-state index < -0.39 is 0 Å². The van der Waals surface area contributed by atoms with Gasteiger partial charge >= 0.3 is 0 Å². The van der Waals surface area contributed by atoms with Crippen LogP contribution >= 0.6 is 15.9 Å². The van der Waals surface area contributed by atoms with Crippen LogP contribution in [-0.4, -0.2) is 18.0 Å². The lowest BCUT2D eigenvalue weighted by molar-refractivity contribution is 0.0127. The van der Waals surface area contributed by atoms with E-state index in [0.29, 0.717) is 0 Å². The fourth-order valence-corrected chi connectivity index (χ4v) is 2.42. The monoisotopic (exact) mass is 302 g/mol. The standard InChI is InChI=1S/C14H20BrFO/c1-14(2,17-3)9-8-11(10-15)12-6-4-5-7-13(12)16/h4-7,11H,8-10H2,1-3H3. The Balaban J connectivity index is 2.70. The van der Waals surface area contributed by atoms with E-state index >= 15 is 0 Å². The first-order valence-corrected chi connectivity index (χ1v) is 6.98. The van der Waals surface area contributed by atoms with Gasteiger partial charge in [-0.05, 0) is 44.2 Å². The van der Waals surface area contributed by atoms with E-state index in [1.807, 2.05) is 12.1 Å². The zero-order valence-electron chi connectivity index (χ0n) is 10.7. The second kappa shape index (κ2) is 6.50. The highest BCUT2D eigenvalue weighted by atomic mass is 79.9. The van der Waals surface area contributed by atoms with E-state index in [1.54, 1.807) is 13.2 Å². The smallest absolute Gasteiger partial charge is 0.126 e. The van der Waals surface area contributed by atoms with Crippen molar-refractivity contribution in [1.82, 2.24) is 0 Å². The third-order valence-electron chi connectivity index (χ3n) is 3.18. The molecular formula is C14H20BrFO. The molecule has 0 amide bonds. The van der Waals surface area contributed by atoms with Gasteiger partial charge in [0.15, 0.2) is 0 Å². The Labute approximate surface area is 111 Å². The first-order chi connectivity index (χ1) is 8.00. The third-order valence-corrected chi connectivity index (χ3v) is 3.96. The van der Waals surface area contributed by atoms with Crippen LogP contribution in [-0.2, 0) is 4.74 Å². The van der Waals surface area contributed by atoms with Gasteiger partial charge < -0.3 is 4.74 Å². The topological polar surface area (TPSA) is 9.23 Å². The SMILES string of the molecule is COC(C)(C)CCC(CBr)c1ccccc1F. The molecule has 3 heteroatoms. The summed E-state index contributed by atoms with van der Waals surface area (Å²) >= 11 is 3.47. The van der Waals surface area contributed by atoms with E-state index in [1.165, 1.54) is 6.07 Å². The lowest BCUT2D eigenvalue weighted by Gasteiger charge is -2.25. The van der Waals surface area contributed by atoms with E-state index in [2.05, 4.69) is 29.8 Å². The first kappa shape index (κ1) is 14.7. The van der Waals surface area contributed by atoms with Gasteiger partial charge in [0.1, 0.15) is 5.82 Å². The summed E-state index contributed by atoms with van der Waals surface area (Å²) in [5.41, 5.74) is 0.641. The molecule has 96 valence electrons. The number of halogens is 2. The molecule has 0 saturated heterocycles. The van der Waals surface area contributed by atoms with Crippen LogP contribution < -0.4 is 0 Å². The van der Waals surface area contributed by atoms with Crippen molar-refractivity contribution in [1.29, 1.82) is 0 Å². The van der Waals surface area contributed by atoms with Crippen LogP contribution in [0.2, 0.25) is 0 Å². The Kier molecular flexibility index (Phi) is 5.60. The Hall–Kier alpha value is -0.410. The minimum atomic E-state index is -0.147. The van der Waals surface area contributed by atoms with E-state index in [4.69, 9.17) is 4.74 Å². The molecule has 0 aliphatic rings. The van der Waals surface area contributed by atoms with Crippen molar-refractivity contribution in [2.75, 3.05) is 12.4 Å². The molecule has 0 heterocycles. The molecule has 0 fully saturated rings. The van der Waals surface area contributed by atoms with Gasteiger partial charge in [-0.2, -0.15) is 0 Å². The summed E-state index contributed by atoms with van der Waals surface area (Å²) in [4.78, 5) is 0. The molecule has 0 radical (unpaired) electrons. The Morgan fingerprint density at radius 3 is 2.53 bits per heavy atom. The number of hydrogen-bond donors (Lipinski definition) is 0. The number of rotatable bonds is 6. The molecule has 17 heavy (non-hydrogen) atoms. The molecule has 0 spiro atoms. The second-order valence-electron chi connectivity index (χ2n) is 4.88. The summed E-state index contributed by atoms with van der Waals surface area (Å²) in [5.74, 6) is 0.0813. The maximum absolute atomic E-state index is 13.7. The third kappa shape index (κ3) is 4.40. The highest BCUT2D eigenvalue weighted by Crippen LogP contribution is 2.29. The van der Waals surface area contributed by atoms with Crippen LogP contribution in [0.3, 0.4) is 0 Å². The summed E-state index contributed by atoms with van der Waals surface area (Å²) in [5, 5.41) is 0.772. The molecule has 0 aromatic heterocycles. The minimum absolute atomic E-state index is 0.118. The molecule has 1 aromatic carbocycles. The van der Waals surface area contributed by atoms with Crippen molar-refractivity contribution in [2.24, 2.45) is 0 Å². The maximum atomic E-state index is 13.7. The molecule has 0 aliphatic carbocycles. The zero-order valence-corrected chi connectivity index (χ0v) is 12.3. The molecule has 1 aromatic rings. The summed E-state index contributed by atoms with van der Waals surface area (Å²) in [6.07, 6.45) is 1.82. The van der Waals surface area contributed by atoms with Crippen molar-refractivity contribution < 1.29 is 9.13 Å². The number of benzene rings is 1. The van der Waals surface area contributed by atoms with Crippen LogP contribution in [0.25, 0.3) is 0 Å². The van der Waals surface area contributed by atoms with Crippen molar-refractivity contribution in [3.8, 4) is 0 Å². The van der Waals surface area contributed by atoms with Gasteiger partial charge in [0, 0.05) is 12.4 Å². The van der Waals surface area contributed by atoms with Crippen LogP contribution in [0, 0.1) is 5.82 Å². The molecule has 0 N–H and O–H groups in total. The van der Waals surface area contributed by atoms with Gasteiger partial charge in [0.05, 0.1) is 5.60 Å². The van der Waals surface area contributed by atoms with Crippen molar-refractivity contribution in [3.63, 3.8) is 0 Å². The normalized spacial score (nSPS) is 13.7. The van der Waals surface area contributed by atoms with Crippen LogP contribution in [0.5, 0.6) is 0 Å². The molecule has 1 unspecified atom stereocenters. The Morgan fingerprint density at radius 2 is 2.00 bits per heavy atom. The van der Waals surface area contributed by atoms with Gasteiger partial charge in [0.25, 0.3) is 0 Å². The largest absolute Gasteiger partial charge is 0.379 e. The number of hydrogen-bond acceptors (Lipinski definition) is 1. The van der Waals surface area contributed by atoms with E-state index in [-0.39, 0.29) is 17.3 Å². The van der Waals surface area contributed by atoms with Gasteiger partial charge in [0.2, 0.25) is 0 Å². The molecule has 1 atom stereocenters. The van der Waals surface area contributed by atoms with E-state index in [0.717, 1.165) is 23.7 Å². The number of methoxy groups -OCH3 is 1. The molecule has 1 nitrogen and oxygen atoms in total. The summed E-state index contributed by atoms with van der Waals surface area (Å²) in [7, 11) is 1.71. The fourth-order valence-electron chi connectivity index (χ4n) is 1.75. The molecular weight excluding hydrogens is 283 g/mol. The summed E-state index contributed by atoms with van der Waals surface area (Å²) in [6, 6.07) is 6.99. The van der Waals surface area contributed by atoms with Gasteiger partial charge in [-0.3, -0.25) is 0 Å². The first-order valence-electron chi connectivity index (χ1n) is 5.85. The predicted molar refractivity (Wildman–Crippen MR) is 73.3 cm³/mol. The molecule has 0 bridgehead atoms. The minimum Gasteiger partial charge on any atom is -0.379 e. The fraction of sp³-hybridized carbons (Fsp3) is 0.571. The van der Waals surface area contributed by atoms with Gasteiger partial charge in [-0.1, -0.05) is 34.1 Å². The van der Waals surface area contributed by atoms with Gasteiger partial charge in [-0.15, -0.1) is 0 Å². The number of alkyl halides is 1. The number of ether oxygens (including phenoxy) is 1. The molecule has 1 rings (SSSR count). The van der Waals surface area contributed by atoms with Crippen LogP contribution in [0.1, 0.15) is 38.2 Å². The lowest BCUT2D eigenvalue weighted by atomic mass is 9.91. The second-order valence-corrected chi connectivity index (χ2v) is 5.52.